The van der Waals surface area contributed by atoms with E-state index in [-0.39, 0.29) is 50.4 Å². The molecule has 0 aromatic heterocycles. The van der Waals surface area contributed by atoms with Gasteiger partial charge in [-0.25, -0.2) is 8.78 Å². The zero-order chi connectivity index (χ0) is 28.3. The maximum Gasteiger partial charge on any atom is 0.206 e. The van der Waals surface area contributed by atoms with Crippen molar-refractivity contribution in [1.82, 2.24) is 5.32 Å². The zero-order valence-electron chi connectivity index (χ0n) is 22.2. The zero-order valence-corrected chi connectivity index (χ0v) is 24.5. The van der Waals surface area contributed by atoms with E-state index >= 15 is 8.78 Å². The highest BCUT2D eigenvalue weighted by molar-refractivity contribution is 8.14. The number of halogens is 4. The highest BCUT2D eigenvalue weighted by Crippen LogP contribution is 2.61. The lowest BCUT2D eigenvalue weighted by molar-refractivity contribution is -0.122. The van der Waals surface area contributed by atoms with Crippen molar-refractivity contribution in [3.8, 4) is 0 Å². The summed E-state index contributed by atoms with van der Waals surface area (Å²) in [6.07, 6.45) is 3.14. The smallest absolute Gasteiger partial charge is 0.206 e. The molecule has 1 saturated carbocycles. The molecule has 2 fully saturated rings. The lowest BCUT2D eigenvalue weighted by atomic mass is 9.62. The lowest BCUT2D eigenvalue weighted by Crippen LogP contribution is -2.48. The minimum absolute atomic E-state index is 0.0953. The molecule has 2 aliphatic heterocycles. The topological polar surface area (TPSA) is 66.4 Å². The summed E-state index contributed by atoms with van der Waals surface area (Å²) >= 11 is 13.3. The van der Waals surface area contributed by atoms with Crippen LogP contribution in [0.25, 0.3) is 0 Å². The summed E-state index contributed by atoms with van der Waals surface area (Å²) < 4.78 is 30.8. The first-order valence-corrected chi connectivity index (χ1v) is 15.0. The highest BCUT2D eigenvalue weighted by atomic mass is 35.5. The van der Waals surface area contributed by atoms with Crippen molar-refractivity contribution in [2.24, 2.45) is 11.3 Å². The summed E-state index contributed by atoms with van der Waals surface area (Å²) in [6, 6.07) is 5.92. The quantitative estimate of drug-likeness (QED) is 0.382. The fourth-order valence-corrected chi connectivity index (χ4v) is 8.51. The monoisotopic (exact) mass is 595 g/mol. The molecular formula is C30H33Cl2F2NO3S. The van der Waals surface area contributed by atoms with E-state index in [9.17, 15) is 14.7 Å². The summed E-state index contributed by atoms with van der Waals surface area (Å²) in [6.45, 7) is 6.11. The van der Waals surface area contributed by atoms with Gasteiger partial charge in [0.2, 0.25) is 5.12 Å². The molecule has 0 amide bonds. The highest BCUT2D eigenvalue weighted by Gasteiger charge is 2.66. The first kappa shape index (κ1) is 29.0. The van der Waals surface area contributed by atoms with Gasteiger partial charge in [-0.2, -0.15) is 0 Å². The Morgan fingerprint density at radius 2 is 1.82 bits per heavy atom. The molecule has 210 valence electrons. The molecule has 1 spiro atoms. The van der Waals surface area contributed by atoms with Crippen molar-refractivity contribution in [2.75, 3.05) is 0 Å². The van der Waals surface area contributed by atoms with Gasteiger partial charge in [-0.15, -0.1) is 0 Å². The van der Waals surface area contributed by atoms with E-state index in [0.29, 0.717) is 29.7 Å². The number of carbonyl (C=O) groups is 2. The Hall–Kier alpha value is -1.51. The molecule has 4 atom stereocenters. The van der Waals surface area contributed by atoms with Gasteiger partial charge in [0.15, 0.2) is 5.78 Å². The van der Waals surface area contributed by atoms with Gasteiger partial charge in [0, 0.05) is 23.3 Å². The van der Waals surface area contributed by atoms with E-state index in [1.54, 1.807) is 12.1 Å². The average Bonchev–Trinajstić information content (AvgIpc) is 3.32. The van der Waals surface area contributed by atoms with E-state index in [4.69, 9.17) is 23.2 Å². The number of aliphatic hydroxyl groups is 1. The van der Waals surface area contributed by atoms with Crippen molar-refractivity contribution < 1.29 is 23.5 Å². The maximum absolute atomic E-state index is 15.8. The van der Waals surface area contributed by atoms with E-state index < -0.39 is 35.1 Å². The first-order valence-electron chi connectivity index (χ1n) is 13.5. The Balaban J connectivity index is 1.69. The van der Waals surface area contributed by atoms with Gasteiger partial charge in [-0.3, -0.25) is 9.59 Å². The summed E-state index contributed by atoms with van der Waals surface area (Å²) in [5, 5.41) is 13.0. The number of aliphatic hydroxyl groups excluding tert-OH is 1. The van der Waals surface area contributed by atoms with Gasteiger partial charge >= 0.3 is 0 Å². The summed E-state index contributed by atoms with van der Waals surface area (Å²) in [4.78, 5) is 28.8. The van der Waals surface area contributed by atoms with Crippen LogP contribution in [0, 0.1) is 23.0 Å². The van der Waals surface area contributed by atoms with E-state index in [0.717, 1.165) is 24.6 Å². The maximum atomic E-state index is 15.8. The van der Waals surface area contributed by atoms with Crippen molar-refractivity contribution in [2.45, 2.75) is 93.7 Å². The number of fused-ring (bicyclic) bond motifs is 2. The number of rotatable bonds is 5. The van der Waals surface area contributed by atoms with Crippen molar-refractivity contribution >= 4 is 45.9 Å². The molecule has 0 bridgehead atoms. The molecule has 1 saturated heterocycles. The third-order valence-corrected chi connectivity index (χ3v) is 10.2. The predicted octanol–water partition coefficient (Wildman–Crippen LogP) is 7.21. The Morgan fingerprint density at radius 3 is 2.49 bits per heavy atom. The number of benzene rings is 2. The molecule has 5 rings (SSSR count). The van der Waals surface area contributed by atoms with Crippen molar-refractivity contribution in [3.05, 3.63) is 63.1 Å². The fraction of sp³-hybridized carbons (Fsp3) is 0.533. The second-order valence-electron chi connectivity index (χ2n) is 12.4. The number of hydrogen-bond donors (Lipinski definition) is 2. The molecule has 2 N–H and O–H groups in total. The van der Waals surface area contributed by atoms with Crippen LogP contribution in [0.5, 0.6) is 0 Å². The summed E-state index contributed by atoms with van der Waals surface area (Å²) in [7, 11) is 0. The third kappa shape index (κ3) is 5.19. The standard InChI is InChI=1S/C30H33Cl2F2NO3S/c1-29(2,3)14-24-30(18-12-21(33)20(32)13-23(18)39-28(30)38)25(17-5-4-6-19(31)26(17)34)27(35-24)22(37)11-15-7-9-16(36)10-8-15/h4-6,12-13,15-16,24-25,27,35-36H,7-11,14H2,1-3H3/t15?,16?,24-,25+,27+,30+/m1/s1. The van der Waals surface area contributed by atoms with Gasteiger partial charge < -0.3 is 10.4 Å². The van der Waals surface area contributed by atoms with E-state index in [2.05, 4.69) is 5.32 Å². The van der Waals surface area contributed by atoms with Gasteiger partial charge in [-0.1, -0.05) is 67.9 Å². The van der Waals surface area contributed by atoms with Crippen LogP contribution < -0.4 is 5.32 Å². The van der Waals surface area contributed by atoms with Crippen LogP contribution in [0.3, 0.4) is 0 Å². The molecule has 1 aliphatic carbocycles. The number of Topliss-reactive ketones (excluding diaryl/α,β-unsaturated/α-hetero) is 1. The Kier molecular flexibility index (Phi) is 7.97. The van der Waals surface area contributed by atoms with Gasteiger partial charge in [0.05, 0.1) is 27.6 Å². The van der Waals surface area contributed by atoms with Gasteiger partial charge in [-0.05, 0) is 72.8 Å². The molecule has 9 heteroatoms. The molecule has 3 aliphatic rings. The third-order valence-electron chi connectivity index (χ3n) is 8.55. The molecule has 39 heavy (non-hydrogen) atoms. The van der Waals surface area contributed by atoms with Gasteiger partial charge in [0.1, 0.15) is 11.6 Å². The van der Waals surface area contributed by atoms with Crippen LogP contribution >= 0.6 is 35.0 Å². The molecular weight excluding hydrogens is 563 g/mol. The second kappa shape index (κ2) is 10.7. The Bertz CT molecular complexity index is 1310. The molecule has 2 heterocycles. The van der Waals surface area contributed by atoms with Crippen LogP contribution in [0.4, 0.5) is 8.78 Å². The molecule has 2 aromatic rings. The number of carbonyl (C=O) groups excluding carboxylic acids is 2. The van der Waals surface area contributed by atoms with Crippen LogP contribution in [0.2, 0.25) is 10.0 Å². The Morgan fingerprint density at radius 1 is 1.13 bits per heavy atom. The van der Waals surface area contributed by atoms with Crippen LogP contribution in [-0.2, 0) is 15.0 Å². The minimum atomic E-state index is -1.41. The van der Waals surface area contributed by atoms with Crippen molar-refractivity contribution in [1.29, 1.82) is 0 Å². The molecule has 0 radical (unpaired) electrons. The number of nitrogens with one attached hydrogen (secondary N) is 1. The predicted molar refractivity (Wildman–Crippen MR) is 150 cm³/mol. The number of thioether (sulfide) groups is 1. The SMILES string of the molecule is CC(C)(C)C[C@H]1N[C@@H](C(=O)CC2CCC(O)CC2)[C@H](c2cccc(Cl)c2F)[C@@]12C(=O)Sc1cc(Cl)c(F)cc12. The van der Waals surface area contributed by atoms with Crippen molar-refractivity contribution in [3.63, 3.8) is 0 Å². The van der Waals surface area contributed by atoms with E-state index in [1.807, 2.05) is 20.8 Å². The van der Waals surface area contributed by atoms with Gasteiger partial charge in [0.25, 0.3) is 0 Å². The normalized spacial score (nSPS) is 30.7. The molecule has 4 nitrogen and oxygen atoms in total. The summed E-state index contributed by atoms with van der Waals surface area (Å²) in [5.74, 6) is -2.30. The fourth-order valence-electron chi connectivity index (χ4n) is 6.84. The Labute approximate surface area is 242 Å². The first-order chi connectivity index (χ1) is 18.3. The summed E-state index contributed by atoms with van der Waals surface area (Å²) in [5.41, 5.74) is -1.08. The molecule has 0 unspecified atom stereocenters. The minimum Gasteiger partial charge on any atom is -0.393 e. The average molecular weight is 597 g/mol. The van der Waals surface area contributed by atoms with Crippen LogP contribution in [0.15, 0.2) is 35.2 Å². The number of hydrogen-bond acceptors (Lipinski definition) is 5. The molecule has 2 aromatic carbocycles. The van der Waals surface area contributed by atoms with E-state index in [1.165, 1.54) is 18.2 Å². The lowest BCUT2D eigenvalue weighted by Gasteiger charge is -2.38. The number of ketones is 1. The largest absolute Gasteiger partial charge is 0.393 e. The van der Waals surface area contributed by atoms with Crippen LogP contribution in [-0.4, -0.2) is 34.2 Å². The van der Waals surface area contributed by atoms with Crippen LogP contribution in [0.1, 0.15) is 76.3 Å². The second-order valence-corrected chi connectivity index (χ2v) is 14.3.